The Morgan fingerprint density at radius 1 is 1.67 bits per heavy atom. The molecule has 2 atom stereocenters. The van der Waals surface area contributed by atoms with Crippen molar-refractivity contribution in [3.8, 4) is 0 Å². The van der Waals surface area contributed by atoms with Crippen LogP contribution < -0.4 is 0 Å². The van der Waals surface area contributed by atoms with Gasteiger partial charge in [0.25, 0.3) is 0 Å². The molecule has 0 N–H and O–H groups in total. The summed E-state index contributed by atoms with van der Waals surface area (Å²) in [5.74, 6) is -0.208. The second-order valence-corrected chi connectivity index (χ2v) is 4.23. The van der Waals surface area contributed by atoms with Gasteiger partial charge in [0.2, 0.25) is 0 Å². The molecule has 2 unspecified atom stereocenters. The van der Waals surface area contributed by atoms with Gasteiger partial charge in [-0.1, -0.05) is 6.92 Å². The summed E-state index contributed by atoms with van der Waals surface area (Å²) in [5, 5.41) is 0. The van der Waals surface area contributed by atoms with Crippen molar-refractivity contribution in [1.82, 2.24) is 4.90 Å². The lowest BCUT2D eigenvalue weighted by atomic mass is 10.1. The van der Waals surface area contributed by atoms with Crippen LogP contribution in [0.1, 0.15) is 19.8 Å². The van der Waals surface area contributed by atoms with E-state index in [1.165, 1.54) is 7.11 Å². The van der Waals surface area contributed by atoms with Crippen molar-refractivity contribution < 1.29 is 14.3 Å². The molecule has 1 heterocycles. The molecule has 1 fully saturated rings. The van der Waals surface area contributed by atoms with Crippen molar-refractivity contribution >= 4 is 5.97 Å². The number of nitrogens with zero attached hydrogens (tertiary/aromatic N) is 1. The van der Waals surface area contributed by atoms with Crippen molar-refractivity contribution in [3.63, 3.8) is 0 Å². The normalized spacial score (nSPS) is 23.9. The van der Waals surface area contributed by atoms with Gasteiger partial charge < -0.3 is 14.4 Å². The van der Waals surface area contributed by atoms with E-state index >= 15 is 0 Å². The van der Waals surface area contributed by atoms with E-state index in [1.54, 1.807) is 0 Å². The first-order chi connectivity index (χ1) is 7.15. The Bertz CT molecular complexity index is 202. The molecule has 0 bridgehead atoms. The van der Waals surface area contributed by atoms with Gasteiger partial charge in [-0.25, -0.2) is 0 Å². The summed E-state index contributed by atoms with van der Waals surface area (Å²) < 4.78 is 10.1. The monoisotopic (exact) mass is 215 g/mol. The zero-order valence-corrected chi connectivity index (χ0v) is 9.86. The van der Waals surface area contributed by atoms with Gasteiger partial charge in [0, 0.05) is 19.2 Å². The predicted octanol–water partition coefficient (Wildman–Crippen LogP) is 0.906. The van der Waals surface area contributed by atoms with Crippen LogP contribution in [0.3, 0.4) is 0 Å². The van der Waals surface area contributed by atoms with E-state index in [4.69, 9.17) is 9.47 Å². The van der Waals surface area contributed by atoms with Crippen molar-refractivity contribution in [2.24, 2.45) is 5.92 Å². The molecule has 1 saturated heterocycles. The molecule has 0 aromatic rings. The van der Waals surface area contributed by atoms with Gasteiger partial charge in [-0.2, -0.15) is 0 Å². The van der Waals surface area contributed by atoms with Crippen LogP contribution in [0.25, 0.3) is 0 Å². The Kier molecular flexibility index (Phi) is 5.05. The molecular formula is C11H21NO3. The summed E-state index contributed by atoms with van der Waals surface area (Å²) in [5.41, 5.74) is 0. The van der Waals surface area contributed by atoms with Crippen molar-refractivity contribution in [3.05, 3.63) is 0 Å². The van der Waals surface area contributed by atoms with E-state index in [9.17, 15) is 4.79 Å². The fraction of sp³-hybridized carbons (Fsp3) is 0.909. The van der Waals surface area contributed by atoms with Crippen molar-refractivity contribution in [1.29, 1.82) is 0 Å². The highest BCUT2D eigenvalue weighted by Gasteiger charge is 2.22. The molecule has 4 heteroatoms. The molecule has 0 aromatic carbocycles. The van der Waals surface area contributed by atoms with Crippen LogP contribution in [0.5, 0.6) is 0 Å². The highest BCUT2D eigenvalue weighted by Crippen LogP contribution is 2.13. The summed E-state index contributed by atoms with van der Waals surface area (Å²) in [7, 11) is 3.47. The number of methoxy groups -OCH3 is 1. The highest BCUT2D eigenvalue weighted by molar-refractivity contribution is 5.72. The molecule has 0 radical (unpaired) electrons. The lowest BCUT2D eigenvalue weighted by Gasteiger charge is -2.32. The third-order valence-electron chi connectivity index (χ3n) is 2.93. The molecular weight excluding hydrogens is 194 g/mol. The molecule has 15 heavy (non-hydrogen) atoms. The Balaban J connectivity index is 2.33. The van der Waals surface area contributed by atoms with E-state index < -0.39 is 0 Å². The average molecular weight is 215 g/mol. The molecule has 0 aromatic heterocycles. The number of hydrogen-bond acceptors (Lipinski definition) is 4. The predicted molar refractivity (Wildman–Crippen MR) is 57.7 cm³/mol. The summed E-state index contributed by atoms with van der Waals surface area (Å²) in [4.78, 5) is 13.4. The van der Waals surface area contributed by atoms with E-state index in [1.807, 2.05) is 14.0 Å². The van der Waals surface area contributed by atoms with Gasteiger partial charge >= 0.3 is 5.97 Å². The van der Waals surface area contributed by atoms with Crippen molar-refractivity contribution in [2.45, 2.75) is 25.8 Å². The number of carbonyl (C=O) groups is 1. The summed E-state index contributed by atoms with van der Waals surface area (Å²) in [6.07, 6.45) is 2.27. The van der Waals surface area contributed by atoms with Gasteiger partial charge in [-0.05, 0) is 19.9 Å². The molecule has 1 rings (SSSR count). The number of hydrogen-bond donors (Lipinski definition) is 0. The molecule has 88 valence electrons. The SMILES string of the molecule is COC(=O)C(C)CN(C)C1CCCOC1. The van der Waals surface area contributed by atoms with Gasteiger partial charge in [-0.15, -0.1) is 0 Å². The minimum atomic E-state index is -0.140. The number of carbonyl (C=O) groups excluding carboxylic acids is 1. The van der Waals surface area contributed by atoms with Gasteiger partial charge in [0.1, 0.15) is 0 Å². The molecule has 1 aliphatic rings. The Morgan fingerprint density at radius 2 is 2.40 bits per heavy atom. The Morgan fingerprint density at radius 3 is 2.93 bits per heavy atom. The maximum atomic E-state index is 11.2. The van der Waals surface area contributed by atoms with Crippen LogP contribution in [0.4, 0.5) is 0 Å². The smallest absolute Gasteiger partial charge is 0.309 e. The van der Waals surface area contributed by atoms with Crippen LogP contribution in [0.2, 0.25) is 0 Å². The number of esters is 1. The van der Waals surface area contributed by atoms with Crippen molar-refractivity contribution in [2.75, 3.05) is 33.9 Å². The van der Waals surface area contributed by atoms with E-state index in [-0.39, 0.29) is 11.9 Å². The first-order valence-electron chi connectivity index (χ1n) is 5.51. The molecule has 1 aliphatic heterocycles. The zero-order valence-electron chi connectivity index (χ0n) is 9.86. The summed E-state index contributed by atoms with van der Waals surface area (Å²) >= 11 is 0. The second-order valence-electron chi connectivity index (χ2n) is 4.23. The minimum absolute atomic E-state index is 0.0677. The largest absolute Gasteiger partial charge is 0.469 e. The number of ether oxygens (including phenoxy) is 2. The van der Waals surface area contributed by atoms with Gasteiger partial charge in [0.15, 0.2) is 0 Å². The van der Waals surface area contributed by atoms with Crippen LogP contribution in [0, 0.1) is 5.92 Å². The summed E-state index contributed by atoms with van der Waals surface area (Å²) in [6.45, 7) is 4.29. The third-order valence-corrected chi connectivity index (χ3v) is 2.93. The van der Waals surface area contributed by atoms with E-state index in [2.05, 4.69) is 4.90 Å². The first kappa shape index (κ1) is 12.5. The standard InChI is InChI=1S/C11H21NO3/c1-9(11(13)14-3)7-12(2)10-5-4-6-15-8-10/h9-10H,4-8H2,1-3H3. The van der Waals surface area contributed by atoms with Gasteiger partial charge in [0.05, 0.1) is 19.6 Å². The fourth-order valence-corrected chi connectivity index (χ4v) is 1.93. The van der Waals surface area contributed by atoms with Crippen LogP contribution >= 0.6 is 0 Å². The first-order valence-corrected chi connectivity index (χ1v) is 5.51. The van der Waals surface area contributed by atoms with Crippen LogP contribution in [-0.2, 0) is 14.3 Å². The fourth-order valence-electron chi connectivity index (χ4n) is 1.93. The Hall–Kier alpha value is -0.610. The molecule has 0 amide bonds. The quantitative estimate of drug-likeness (QED) is 0.653. The third kappa shape index (κ3) is 3.80. The maximum absolute atomic E-state index is 11.2. The Labute approximate surface area is 91.5 Å². The molecule has 0 spiro atoms. The van der Waals surface area contributed by atoms with Gasteiger partial charge in [-0.3, -0.25) is 4.79 Å². The highest BCUT2D eigenvalue weighted by atomic mass is 16.5. The number of rotatable bonds is 4. The molecule has 0 saturated carbocycles. The minimum Gasteiger partial charge on any atom is -0.469 e. The maximum Gasteiger partial charge on any atom is 0.309 e. The zero-order chi connectivity index (χ0) is 11.3. The lowest BCUT2D eigenvalue weighted by Crippen LogP contribution is -2.41. The van der Waals surface area contributed by atoms with Crippen LogP contribution in [-0.4, -0.2) is 50.8 Å². The lowest BCUT2D eigenvalue weighted by molar-refractivity contribution is -0.145. The second kappa shape index (κ2) is 6.08. The van der Waals surface area contributed by atoms with E-state index in [0.29, 0.717) is 6.04 Å². The van der Waals surface area contributed by atoms with E-state index in [0.717, 1.165) is 32.6 Å². The number of likely N-dealkylation sites (N-methyl/N-ethyl adjacent to an activating group) is 1. The molecule has 0 aliphatic carbocycles. The molecule has 4 nitrogen and oxygen atoms in total. The van der Waals surface area contributed by atoms with Crippen LogP contribution in [0.15, 0.2) is 0 Å². The summed E-state index contributed by atoms with van der Waals surface area (Å²) in [6, 6.07) is 0.450. The average Bonchev–Trinajstić information content (AvgIpc) is 2.29. The topological polar surface area (TPSA) is 38.8 Å².